The molecule has 4 aromatic rings. The third-order valence-corrected chi connectivity index (χ3v) is 4.42. The van der Waals surface area contributed by atoms with E-state index >= 15 is 0 Å². The third kappa shape index (κ3) is 2.52. The number of hydrogen-bond acceptors (Lipinski definition) is 7. The standard InChI is InChI=1S/C18H15N7/c1-2-3-6-11(10-19)15-9-14-12-7-4-5-8-13(12)16-18(17(14)21-20-15)23-25-24-22-16/h4-5,7-9,11H,2-3,6H2,1H3. The van der Waals surface area contributed by atoms with E-state index in [9.17, 15) is 5.26 Å². The smallest absolute Gasteiger partial charge is 0.144 e. The highest BCUT2D eigenvalue weighted by molar-refractivity contribution is 6.21. The summed E-state index contributed by atoms with van der Waals surface area (Å²) in [6, 6.07) is 12.2. The molecule has 0 bridgehead atoms. The maximum absolute atomic E-state index is 9.50. The van der Waals surface area contributed by atoms with Crippen LogP contribution in [0.3, 0.4) is 0 Å². The van der Waals surface area contributed by atoms with Gasteiger partial charge in [0, 0.05) is 10.8 Å². The van der Waals surface area contributed by atoms with E-state index in [4.69, 9.17) is 0 Å². The summed E-state index contributed by atoms with van der Waals surface area (Å²) in [7, 11) is 0. The second kappa shape index (κ2) is 6.32. The molecule has 7 heteroatoms. The summed E-state index contributed by atoms with van der Waals surface area (Å²) >= 11 is 0. The fourth-order valence-corrected chi connectivity index (χ4v) is 3.13. The molecule has 0 fully saturated rings. The van der Waals surface area contributed by atoms with Gasteiger partial charge in [0.2, 0.25) is 0 Å². The number of rotatable bonds is 4. The van der Waals surface area contributed by atoms with Crippen molar-refractivity contribution in [2.24, 2.45) is 0 Å². The van der Waals surface area contributed by atoms with Crippen LogP contribution in [0.5, 0.6) is 0 Å². The van der Waals surface area contributed by atoms with Gasteiger partial charge in [-0.05, 0) is 28.3 Å². The van der Waals surface area contributed by atoms with Gasteiger partial charge in [0.05, 0.1) is 17.7 Å². The molecule has 0 aliphatic carbocycles. The zero-order valence-electron chi connectivity index (χ0n) is 13.7. The van der Waals surface area contributed by atoms with Crippen molar-refractivity contribution >= 4 is 32.7 Å². The monoisotopic (exact) mass is 329 g/mol. The molecular weight excluding hydrogens is 314 g/mol. The molecule has 0 amide bonds. The Morgan fingerprint density at radius 2 is 1.64 bits per heavy atom. The highest BCUT2D eigenvalue weighted by atomic mass is 15.4. The fourth-order valence-electron chi connectivity index (χ4n) is 3.13. The van der Waals surface area contributed by atoms with Crippen LogP contribution in [0.1, 0.15) is 37.8 Å². The number of hydrogen-bond donors (Lipinski definition) is 0. The normalized spacial score (nSPS) is 12.5. The molecule has 0 radical (unpaired) electrons. The molecule has 7 nitrogen and oxygen atoms in total. The predicted molar refractivity (Wildman–Crippen MR) is 93.6 cm³/mol. The molecule has 25 heavy (non-hydrogen) atoms. The van der Waals surface area contributed by atoms with Crippen molar-refractivity contribution in [2.45, 2.75) is 32.1 Å². The molecule has 4 rings (SSSR count). The van der Waals surface area contributed by atoms with Gasteiger partial charge in [-0.3, -0.25) is 0 Å². The average Bonchev–Trinajstić information content (AvgIpc) is 2.69. The topological polar surface area (TPSA) is 101 Å². The Morgan fingerprint density at radius 1 is 0.920 bits per heavy atom. The highest BCUT2D eigenvalue weighted by Gasteiger charge is 2.17. The van der Waals surface area contributed by atoms with Gasteiger partial charge < -0.3 is 0 Å². The van der Waals surface area contributed by atoms with Crippen molar-refractivity contribution in [1.29, 1.82) is 5.26 Å². The van der Waals surface area contributed by atoms with Crippen molar-refractivity contribution in [3.63, 3.8) is 0 Å². The summed E-state index contributed by atoms with van der Waals surface area (Å²) in [5.74, 6) is -0.257. The molecule has 2 heterocycles. The van der Waals surface area contributed by atoms with Gasteiger partial charge in [0.1, 0.15) is 16.6 Å². The van der Waals surface area contributed by atoms with Gasteiger partial charge in [-0.15, -0.1) is 15.3 Å². The summed E-state index contributed by atoms with van der Waals surface area (Å²) in [6.45, 7) is 2.11. The number of nitriles is 1. The van der Waals surface area contributed by atoms with Gasteiger partial charge in [-0.1, -0.05) is 44.0 Å². The first-order chi connectivity index (χ1) is 12.3. The van der Waals surface area contributed by atoms with Crippen molar-refractivity contribution < 1.29 is 0 Å². The van der Waals surface area contributed by atoms with E-state index in [0.717, 1.165) is 35.4 Å². The third-order valence-electron chi connectivity index (χ3n) is 4.42. The lowest BCUT2D eigenvalue weighted by Crippen LogP contribution is -2.03. The molecule has 0 spiro atoms. The number of benzene rings is 2. The second-order valence-corrected chi connectivity index (χ2v) is 5.98. The minimum Gasteiger partial charge on any atom is -0.198 e. The van der Waals surface area contributed by atoms with E-state index in [0.29, 0.717) is 22.2 Å². The number of nitrogens with zero attached hydrogens (tertiary/aromatic N) is 7. The molecule has 1 atom stereocenters. The lowest BCUT2D eigenvalue weighted by Gasteiger charge is -2.10. The molecule has 2 aromatic carbocycles. The Balaban J connectivity index is 2.03. The zero-order chi connectivity index (χ0) is 17.2. The molecule has 122 valence electrons. The van der Waals surface area contributed by atoms with Crippen molar-refractivity contribution in [1.82, 2.24) is 30.8 Å². The van der Waals surface area contributed by atoms with Crippen molar-refractivity contribution in [2.75, 3.05) is 0 Å². The van der Waals surface area contributed by atoms with Crippen LogP contribution in [0.4, 0.5) is 0 Å². The molecule has 0 aliphatic heterocycles. The van der Waals surface area contributed by atoms with Crippen LogP contribution in [-0.2, 0) is 0 Å². The fraction of sp³-hybridized carbons (Fsp3) is 0.278. The summed E-state index contributed by atoms with van der Waals surface area (Å²) in [4.78, 5) is 0. The van der Waals surface area contributed by atoms with E-state index in [2.05, 4.69) is 43.8 Å². The molecule has 0 saturated carbocycles. The van der Waals surface area contributed by atoms with E-state index in [1.807, 2.05) is 30.3 Å². The molecular formula is C18H15N7. The maximum Gasteiger partial charge on any atom is 0.144 e. The van der Waals surface area contributed by atoms with Crippen molar-refractivity contribution in [3.8, 4) is 6.07 Å². The van der Waals surface area contributed by atoms with Gasteiger partial charge >= 0.3 is 0 Å². The quantitative estimate of drug-likeness (QED) is 0.529. The lowest BCUT2D eigenvalue weighted by molar-refractivity contribution is 0.653. The van der Waals surface area contributed by atoms with E-state index in [1.165, 1.54) is 0 Å². The van der Waals surface area contributed by atoms with E-state index < -0.39 is 0 Å². The van der Waals surface area contributed by atoms with Crippen LogP contribution in [0.15, 0.2) is 30.3 Å². The van der Waals surface area contributed by atoms with Gasteiger partial charge in [0.15, 0.2) is 0 Å². The van der Waals surface area contributed by atoms with Gasteiger partial charge in [-0.2, -0.15) is 10.4 Å². The molecule has 0 N–H and O–H groups in total. The number of aromatic nitrogens is 6. The van der Waals surface area contributed by atoms with Crippen LogP contribution in [0.25, 0.3) is 32.7 Å². The van der Waals surface area contributed by atoms with Crippen LogP contribution < -0.4 is 0 Å². The minimum atomic E-state index is -0.257. The first-order valence-electron chi connectivity index (χ1n) is 8.27. The van der Waals surface area contributed by atoms with Crippen LogP contribution in [0, 0.1) is 11.3 Å². The van der Waals surface area contributed by atoms with Gasteiger partial charge in [-0.25, -0.2) is 0 Å². The molecule has 1 unspecified atom stereocenters. The Morgan fingerprint density at radius 3 is 2.40 bits per heavy atom. The predicted octanol–water partition coefficient (Wildman–Crippen LogP) is 3.31. The first kappa shape index (κ1) is 15.3. The highest BCUT2D eigenvalue weighted by Crippen LogP contribution is 2.32. The van der Waals surface area contributed by atoms with E-state index in [-0.39, 0.29) is 5.92 Å². The van der Waals surface area contributed by atoms with Crippen LogP contribution in [0.2, 0.25) is 0 Å². The molecule has 0 saturated heterocycles. The summed E-state index contributed by atoms with van der Waals surface area (Å²) < 4.78 is 0. The summed E-state index contributed by atoms with van der Waals surface area (Å²) in [6.07, 6.45) is 2.81. The Labute approximate surface area is 143 Å². The largest absolute Gasteiger partial charge is 0.198 e. The van der Waals surface area contributed by atoms with Crippen molar-refractivity contribution in [3.05, 3.63) is 36.0 Å². The maximum atomic E-state index is 9.50. The SMILES string of the molecule is CCCCC(C#N)c1cc2c3ccccc3c3nnnnc3c2nn1. The Bertz CT molecular complexity index is 1080. The molecule has 2 aromatic heterocycles. The van der Waals surface area contributed by atoms with Crippen LogP contribution >= 0.6 is 0 Å². The zero-order valence-corrected chi connectivity index (χ0v) is 13.7. The number of fused-ring (bicyclic) bond motifs is 6. The Kier molecular flexibility index (Phi) is 3.86. The Hall–Kier alpha value is -3.27. The molecule has 0 aliphatic rings. The summed E-state index contributed by atoms with van der Waals surface area (Å²) in [5.41, 5.74) is 2.56. The first-order valence-corrected chi connectivity index (χ1v) is 8.27. The van der Waals surface area contributed by atoms with E-state index in [1.54, 1.807) is 0 Å². The minimum absolute atomic E-state index is 0.257. The van der Waals surface area contributed by atoms with Crippen LogP contribution in [-0.4, -0.2) is 30.8 Å². The summed E-state index contributed by atoms with van der Waals surface area (Å²) in [5, 5.41) is 36.6. The second-order valence-electron chi connectivity index (χ2n) is 5.98. The van der Waals surface area contributed by atoms with Gasteiger partial charge in [0.25, 0.3) is 0 Å². The number of unbranched alkanes of at least 4 members (excludes halogenated alkanes) is 1. The average molecular weight is 329 g/mol. The lowest BCUT2D eigenvalue weighted by atomic mass is 9.97.